The molecular formula is C18H18N4O5S. The molecule has 1 N–H and O–H groups in total. The van der Waals surface area contributed by atoms with Crippen LogP contribution in [-0.2, 0) is 26.9 Å². The van der Waals surface area contributed by atoms with Crippen LogP contribution < -0.4 is 5.32 Å². The largest absolute Gasteiger partial charge is 0.446 e. The molecule has 0 aliphatic carbocycles. The molecule has 10 heteroatoms. The van der Waals surface area contributed by atoms with Gasteiger partial charge in [0.15, 0.2) is 0 Å². The summed E-state index contributed by atoms with van der Waals surface area (Å²) in [6.07, 6.45) is 0. The van der Waals surface area contributed by atoms with Gasteiger partial charge in [-0.15, -0.1) is 0 Å². The van der Waals surface area contributed by atoms with Crippen LogP contribution in [0.25, 0.3) is 0 Å². The van der Waals surface area contributed by atoms with Crippen LogP contribution in [-0.4, -0.2) is 43.7 Å². The first-order valence-electron chi connectivity index (χ1n) is 8.25. The fourth-order valence-electron chi connectivity index (χ4n) is 2.83. The van der Waals surface area contributed by atoms with E-state index >= 15 is 0 Å². The summed E-state index contributed by atoms with van der Waals surface area (Å²) in [5.41, 5.74) is -0.329. The van der Waals surface area contributed by atoms with E-state index in [1.54, 1.807) is 31.2 Å². The standard InChI is InChI=1S/C18H18N4O5S/c1-18(13-6-4-12(10-19)5-7-13)16(23)22(17(24)20-18)11-14-8-9-15(27-14)28(25,26)21(2)3/h4-9H,11H2,1-3H3,(H,20,24)/t18-/m1/s1. The molecule has 1 atom stereocenters. The molecule has 3 rings (SSSR count). The van der Waals surface area contributed by atoms with E-state index in [4.69, 9.17) is 9.68 Å². The van der Waals surface area contributed by atoms with Crippen molar-refractivity contribution in [3.05, 3.63) is 53.3 Å². The van der Waals surface area contributed by atoms with Gasteiger partial charge in [-0.05, 0) is 36.8 Å². The molecule has 1 aromatic heterocycles. The zero-order valence-electron chi connectivity index (χ0n) is 15.5. The number of nitrogens with one attached hydrogen (secondary N) is 1. The predicted octanol–water partition coefficient (Wildman–Crippen LogP) is 1.37. The summed E-state index contributed by atoms with van der Waals surface area (Å²) in [4.78, 5) is 26.3. The molecule has 28 heavy (non-hydrogen) atoms. The summed E-state index contributed by atoms with van der Waals surface area (Å²) in [6, 6.07) is 10.4. The van der Waals surface area contributed by atoms with E-state index in [0.717, 1.165) is 9.21 Å². The first kappa shape index (κ1) is 19.6. The Balaban J connectivity index is 1.85. The number of amides is 3. The number of hydrogen-bond acceptors (Lipinski definition) is 6. The summed E-state index contributed by atoms with van der Waals surface area (Å²) < 4.78 is 30.5. The van der Waals surface area contributed by atoms with Gasteiger partial charge in [-0.2, -0.15) is 5.26 Å². The van der Waals surface area contributed by atoms with Crippen molar-refractivity contribution in [2.45, 2.75) is 24.1 Å². The molecular weight excluding hydrogens is 384 g/mol. The molecule has 1 fully saturated rings. The summed E-state index contributed by atoms with van der Waals surface area (Å²) in [7, 11) is -1.01. The van der Waals surface area contributed by atoms with E-state index in [2.05, 4.69) is 5.32 Å². The second-order valence-electron chi connectivity index (χ2n) is 6.64. The average molecular weight is 402 g/mol. The molecule has 1 aliphatic rings. The van der Waals surface area contributed by atoms with Crippen molar-refractivity contribution >= 4 is 22.0 Å². The number of nitrogens with zero attached hydrogens (tertiary/aromatic N) is 3. The Kier molecular flexibility index (Phi) is 4.74. The number of sulfonamides is 1. The van der Waals surface area contributed by atoms with Gasteiger partial charge in [0.1, 0.15) is 11.3 Å². The number of furan rings is 1. The number of urea groups is 1. The van der Waals surface area contributed by atoms with Gasteiger partial charge in [0, 0.05) is 14.1 Å². The second kappa shape index (κ2) is 6.78. The maximum absolute atomic E-state index is 12.9. The lowest BCUT2D eigenvalue weighted by atomic mass is 9.91. The van der Waals surface area contributed by atoms with Gasteiger partial charge in [0.2, 0.25) is 5.09 Å². The molecule has 0 saturated carbocycles. The monoisotopic (exact) mass is 402 g/mol. The highest BCUT2D eigenvalue weighted by Gasteiger charge is 2.49. The van der Waals surface area contributed by atoms with Crippen molar-refractivity contribution in [3.63, 3.8) is 0 Å². The number of carbonyl (C=O) groups is 2. The SMILES string of the molecule is CN(C)S(=O)(=O)c1ccc(CN2C(=O)N[C@](C)(c3ccc(C#N)cc3)C2=O)o1. The highest BCUT2D eigenvalue weighted by atomic mass is 32.2. The number of rotatable bonds is 5. The lowest BCUT2D eigenvalue weighted by molar-refractivity contribution is -0.131. The van der Waals surface area contributed by atoms with Crippen molar-refractivity contribution in [3.8, 4) is 6.07 Å². The van der Waals surface area contributed by atoms with Gasteiger partial charge >= 0.3 is 6.03 Å². The molecule has 0 unspecified atom stereocenters. The third-order valence-electron chi connectivity index (χ3n) is 4.55. The van der Waals surface area contributed by atoms with Crippen LogP contribution in [0.3, 0.4) is 0 Å². The second-order valence-corrected chi connectivity index (χ2v) is 8.73. The third-order valence-corrected chi connectivity index (χ3v) is 6.24. The molecule has 0 spiro atoms. The highest BCUT2D eigenvalue weighted by Crippen LogP contribution is 2.30. The molecule has 0 radical (unpaired) electrons. The van der Waals surface area contributed by atoms with Gasteiger partial charge in [0.25, 0.3) is 15.9 Å². The molecule has 1 saturated heterocycles. The zero-order chi connectivity index (χ0) is 20.7. The number of carbonyl (C=O) groups excluding carboxylic acids is 2. The number of benzene rings is 1. The average Bonchev–Trinajstić information content (AvgIpc) is 3.22. The van der Waals surface area contributed by atoms with Gasteiger partial charge in [0.05, 0.1) is 18.2 Å². The zero-order valence-corrected chi connectivity index (χ0v) is 16.3. The van der Waals surface area contributed by atoms with E-state index < -0.39 is 27.5 Å². The summed E-state index contributed by atoms with van der Waals surface area (Å²) >= 11 is 0. The number of imide groups is 1. The topological polar surface area (TPSA) is 124 Å². The van der Waals surface area contributed by atoms with Crippen LogP contribution in [0.2, 0.25) is 0 Å². The molecule has 146 valence electrons. The first-order valence-corrected chi connectivity index (χ1v) is 9.69. The molecule has 0 bridgehead atoms. The molecule has 9 nitrogen and oxygen atoms in total. The molecule has 3 amide bonds. The van der Waals surface area contributed by atoms with Crippen molar-refractivity contribution in [2.75, 3.05) is 14.1 Å². The number of hydrogen-bond donors (Lipinski definition) is 1. The predicted molar refractivity (Wildman–Crippen MR) is 97.2 cm³/mol. The quantitative estimate of drug-likeness (QED) is 0.754. The Labute approximate surface area is 162 Å². The van der Waals surface area contributed by atoms with Crippen molar-refractivity contribution in [2.24, 2.45) is 0 Å². The third kappa shape index (κ3) is 3.15. The van der Waals surface area contributed by atoms with E-state index in [1.165, 1.54) is 26.2 Å². The van der Waals surface area contributed by atoms with Crippen LogP contribution >= 0.6 is 0 Å². The Morgan fingerprint density at radius 2 is 1.82 bits per heavy atom. The Hall–Kier alpha value is -3.16. The minimum absolute atomic E-state index is 0.160. The van der Waals surface area contributed by atoms with Crippen LogP contribution in [0.4, 0.5) is 4.79 Å². The van der Waals surface area contributed by atoms with Crippen LogP contribution in [0.15, 0.2) is 45.9 Å². The van der Waals surface area contributed by atoms with Gasteiger partial charge in [-0.25, -0.2) is 17.5 Å². The summed E-state index contributed by atoms with van der Waals surface area (Å²) in [6.45, 7) is 1.36. The Morgan fingerprint density at radius 1 is 1.18 bits per heavy atom. The van der Waals surface area contributed by atoms with E-state index in [-0.39, 0.29) is 17.4 Å². The first-order chi connectivity index (χ1) is 13.1. The van der Waals surface area contributed by atoms with E-state index in [0.29, 0.717) is 11.1 Å². The molecule has 2 heterocycles. The smallest absolute Gasteiger partial charge is 0.325 e. The molecule has 2 aromatic rings. The minimum Gasteiger partial charge on any atom is -0.446 e. The Bertz CT molecular complexity index is 1080. The fourth-order valence-corrected chi connectivity index (χ4v) is 3.64. The summed E-state index contributed by atoms with van der Waals surface area (Å²) in [5.74, 6) is -0.344. The lowest BCUT2D eigenvalue weighted by Crippen LogP contribution is -2.40. The van der Waals surface area contributed by atoms with Crippen molar-refractivity contribution in [1.29, 1.82) is 5.26 Å². The fraction of sp³-hybridized carbons (Fsp3) is 0.278. The normalized spacial score (nSPS) is 19.8. The van der Waals surface area contributed by atoms with Crippen LogP contribution in [0, 0.1) is 11.3 Å². The lowest BCUT2D eigenvalue weighted by Gasteiger charge is -2.22. The molecule has 1 aliphatic heterocycles. The van der Waals surface area contributed by atoms with Crippen molar-refractivity contribution < 1.29 is 22.4 Å². The van der Waals surface area contributed by atoms with Gasteiger partial charge < -0.3 is 9.73 Å². The molecule has 1 aromatic carbocycles. The van der Waals surface area contributed by atoms with Crippen LogP contribution in [0.5, 0.6) is 0 Å². The van der Waals surface area contributed by atoms with Gasteiger partial charge in [-0.3, -0.25) is 9.69 Å². The van der Waals surface area contributed by atoms with E-state index in [1.807, 2.05) is 6.07 Å². The summed E-state index contributed by atoms with van der Waals surface area (Å²) in [5, 5.41) is 11.3. The van der Waals surface area contributed by atoms with E-state index in [9.17, 15) is 18.0 Å². The van der Waals surface area contributed by atoms with Gasteiger partial charge in [-0.1, -0.05) is 12.1 Å². The maximum Gasteiger partial charge on any atom is 0.325 e. The van der Waals surface area contributed by atoms with Crippen molar-refractivity contribution in [1.82, 2.24) is 14.5 Å². The number of nitriles is 1. The highest BCUT2D eigenvalue weighted by molar-refractivity contribution is 7.88. The van der Waals surface area contributed by atoms with Crippen LogP contribution in [0.1, 0.15) is 23.8 Å². The maximum atomic E-state index is 12.9. The Morgan fingerprint density at radius 3 is 2.39 bits per heavy atom. The minimum atomic E-state index is -3.75.